The summed E-state index contributed by atoms with van der Waals surface area (Å²) in [5.74, 6) is 2.55. The largest absolute Gasteiger partial charge is 0.486 e. The van der Waals surface area contributed by atoms with Crippen molar-refractivity contribution >= 4 is 5.69 Å². The summed E-state index contributed by atoms with van der Waals surface area (Å²) in [6.45, 7) is 4.02. The van der Waals surface area contributed by atoms with Gasteiger partial charge in [0, 0.05) is 0 Å². The fraction of sp³-hybridized carbons (Fsp3) is 0.294. The van der Waals surface area contributed by atoms with Gasteiger partial charge in [0.05, 0.1) is 12.2 Å². The van der Waals surface area contributed by atoms with E-state index in [4.69, 9.17) is 14.2 Å². The van der Waals surface area contributed by atoms with Crippen LogP contribution in [0.25, 0.3) is 0 Å². The molecule has 0 bridgehead atoms. The highest BCUT2D eigenvalue weighted by molar-refractivity contribution is 5.61. The number of anilines is 1. The van der Waals surface area contributed by atoms with Gasteiger partial charge in [-0.2, -0.15) is 0 Å². The van der Waals surface area contributed by atoms with Gasteiger partial charge >= 0.3 is 0 Å². The van der Waals surface area contributed by atoms with E-state index in [9.17, 15) is 0 Å². The standard InChI is InChI=1S/C17H17NO3/c1-11-3-2-4-13-17(11)21-16(10-18-13)12-5-6-14-15(9-12)20-8-7-19-14/h2-6,9,16,18H,7-8,10H2,1H3. The molecule has 0 saturated heterocycles. The molecule has 4 heteroatoms. The second-order valence-electron chi connectivity index (χ2n) is 5.34. The lowest BCUT2D eigenvalue weighted by Gasteiger charge is -2.29. The molecular weight excluding hydrogens is 266 g/mol. The van der Waals surface area contributed by atoms with Gasteiger partial charge in [-0.3, -0.25) is 0 Å². The van der Waals surface area contributed by atoms with Crippen LogP contribution in [-0.2, 0) is 0 Å². The van der Waals surface area contributed by atoms with E-state index in [2.05, 4.69) is 18.3 Å². The second kappa shape index (κ2) is 4.88. The molecule has 2 aromatic rings. The summed E-state index contributed by atoms with van der Waals surface area (Å²) in [6.07, 6.45) is -0.0190. The number of para-hydroxylation sites is 1. The molecule has 108 valence electrons. The molecule has 2 aliphatic heterocycles. The van der Waals surface area contributed by atoms with Crippen molar-refractivity contribution in [3.63, 3.8) is 0 Å². The van der Waals surface area contributed by atoms with Crippen LogP contribution in [0.2, 0.25) is 0 Å². The van der Waals surface area contributed by atoms with Gasteiger partial charge in [-0.05, 0) is 36.2 Å². The summed E-state index contributed by atoms with van der Waals surface area (Å²) < 4.78 is 17.4. The first kappa shape index (κ1) is 12.4. The van der Waals surface area contributed by atoms with Crippen LogP contribution >= 0.6 is 0 Å². The van der Waals surface area contributed by atoms with Crippen LogP contribution in [0.3, 0.4) is 0 Å². The molecule has 1 atom stereocenters. The summed E-state index contributed by atoms with van der Waals surface area (Å²) in [4.78, 5) is 0. The lowest BCUT2D eigenvalue weighted by atomic mass is 10.1. The van der Waals surface area contributed by atoms with Crippen molar-refractivity contribution in [3.8, 4) is 17.2 Å². The maximum Gasteiger partial charge on any atom is 0.161 e. The molecule has 21 heavy (non-hydrogen) atoms. The number of aryl methyl sites for hydroxylation is 1. The Morgan fingerprint density at radius 1 is 1.05 bits per heavy atom. The number of ether oxygens (including phenoxy) is 3. The maximum atomic E-state index is 6.18. The van der Waals surface area contributed by atoms with Gasteiger partial charge < -0.3 is 19.5 Å². The third-order valence-corrected chi connectivity index (χ3v) is 3.89. The Labute approximate surface area is 123 Å². The number of rotatable bonds is 1. The highest BCUT2D eigenvalue weighted by Crippen LogP contribution is 2.39. The van der Waals surface area contributed by atoms with E-state index < -0.39 is 0 Å². The van der Waals surface area contributed by atoms with E-state index in [0.717, 1.165) is 40.6 Å². The van der Waals surface area contributed by atoms with Crippen molar-refractivity contribution in [2.45, 2.75) is 13.0 Å². The van der Waals surface area contributed by atoms with Gasteiger partial charge in [-0.25, -0.2) is 0 Å². The van der Waals surface area contributed by atoms with E-state index in [1.54, 1.807) is 0 Å². The van der Waals surface area contributed by atoms with Crippen LogP contribution in [0.1, 0.15) is 17.2 Å². The van der Waals surface area contributed by atoms with Crippen LogP contribution in [0, 0.1) is 6.92 Å². The normalized spacial score (nSPS) is 19.2. The predicted molar refractivity (Wildman–Crippen MR) is 80.5 cm³/mol. The first-order valence-electron chi connectivity index (χ1n) is 7.21. The minimum Gasteiger partial charge on any atom is -0.486 e. The average Bonchev–Trinajstić information content (AvgIpc) is 2.54. The van der Waals surface area contributed by atoms with Gasteiger partial charge in [0.2, 0.25) is 0 Å². The Balaban J connectivity index is 1.65. The fourth-order valence-corrected chi connectivity index (χ4v) is 2.78. The summed E-state index contributed by atoms with van der Waals surface area (Å²) in [6, 6.07) is 12.2. The Hall–Kier alpha value is -2.36. The molecule has 2 heterocycles. The van der Waals surface area contributed by atoms with Crippen molar-refractivity contribution in [3.05, 3.63) is 47.5 Å². The molecule has 4 rings (SSSR count). The summed E-state index contributed by atoms with van der Waals surface area (Å²) in [5.41, 5.74) is 3.30. The Bertz CT molecular complexity index is 684. The van der Waals surface area contributed by atoms with Crippen molar-refractivity contribution in [2.75, 3.05) is 25.1 Å². The Kier molecular flexibility index (Phi) is 2.88. The Morgan fingerprint density at radius 3 is 2.81 bits per heavy atom. The number of fused-ring (bicyclic) bond motifs is 2. The smallest absolute Gasteiger partial charge is 0.161 e. The molecule has 0 aromatic heterocycles. The van der Waals surface area contributed by atoms with Gasteiger partial charge in [-0.15, -0.1) is 0 Å². The molecule has 0 saturated carbocycles. The molecule has 0 spiro atoms. The third-order valence-electron chi connectivity index (χ3n) is 3.89. The molecule has 2 aromatic carbocycles. The third kappa shape index (κ3) is 2.17. The second-order valence-corrected chi connectivity index (χ2v) is 5.34. The predicted octanol–water partition coefficient (Wildman–Crippen LogP) is 3.31. The minimum atomic E-state index is -0.0190. The average molecular weight is 283 g/mol. The summed E-state index contributed by atoms with van der Waals surface area (Å²) >= 11 is 0. The summed E-state index contributed by atoms with van der Waals surface area (Å²) in [7, 11) is 0. The highest BCUT2D eigenvalue weighted by Gasteiger charge is 2.23. The summed E-state index contributed by atoms with van der Waals surface area (Å²) in [5, 5.41) is 3.44. The quantitative estimate of drug-likeness (QED) is 0.871. The SMILES string of the molecule is Cc1cccc2c1OC(c1ccc3c(c1)OCCO3)CN2. The first-order chi connectivity index (χ1) is 10.3. The van der Waals surface area contributed by atoms with Crippen LogP contribution in [-0.4, -0.2) is 19.8 Å². The monoisotopic (exact) mass is 283 g/mol. The van der Waals surface area contributed by atoms with E-state index in [1.807, 2.05) is 30.3 Å². The molecule has 0 radical (unpaired) electrons. The number of nitrogens with one attached hydrogen (secondary N) is 1. The van der Waals surface area contributed by atoms with Crippen LogP contribution in [0.4, 0.5) is 5.69 Å². The van der Waals surface area contributed by atoms with E-state index in [0.29, 0.717) is 13.2 Å². The zero-order valence-corrected chi connectivity index (χ0v) is 11.9. The molecule has 1 unspecified atom stereocenters. The number of benzene rings is 2. The lowest BCUT2D eigenvalue weighted by Crippen LogP contribution is -2.24. The molecule has 4 nitrogen and oxygen atoms in total. The zero-order chi connectivity index (χ0) is 14.2. The maximum absolute atomic E-state index is 6.18. The molecule has 0 fully saturated rings. The van der Waals surface area contributed by atoms with Crippen LogP contribution in [0.5, 0.6) is 17.2 Å². The number of hydrogen-bond donors (Lipinski definition) is 1. The molecular formula is C17H17NO3. The van der Waals surface area contributed by atoms with Crippen molar-refractivity contribution < 1.29 is 14.2 Å². The lowest BCUT2D eigenvalue weighted by molar-refractivity contribution is 0.169. The number of hydrogen-bond acceptors (Lipinski definition) is 4. The van der Waals surface area contributed by atoms with E-state index in [-0.39, 0.29) is 6.10 Å². The molecule has 1 N–H and O–H groups in total. The minimum absolute atomic E-state index is 0.0190. The van der Waals surface area contributed by atoms with Crippen molar-refractivity contribution in [1.29, 1.82) is 0 Å². The van der Waals surface area contributed by atoms with E-state index in [1.165, 1.54) is 0 Å². The molecule has 2 aliphatic rings. The fourth-order valence-electron chi connectivity index (χ4n) is 2.78. The first-order valence-corrected chi connectivity index (χ1v) is 7.21. The molecule has 0 amide bonds. The van der Waals surface area contributed by atoms with Crippen molar-refractivity contribution in [2.24, 2.45) is 0 Å². The Morgan fingerprint density at radius 2 is 1.90 bits per heavy atom. The van der Waals surface area contributed by atoms with Crippen LogP contribution < -0.4 is 19.5 Å². The zero-order valence-electron chi connectivity index (χ0n) is 11.9. The van der Waals surface area contributed by atoms with Gasteiger partial charge in [0.1, 0.15) is 25.1 Å². The van der Waals surface area contributed by atoms with Gasteiger partial charge in [0.25, 0.3) is 0 Å². The topological polar surface area (TPSA) is 39.7 Å². The van der Waals surface area contributed by atoms with Crippen LogP contribution in [0.15, 0.2) is 36.4 Å². The molecule has 0 aliphatic carbocycles. The van der Waals surface area contributed by atoms with E-state index >= 15 is 0 Å². The van der Waals surface area contributed by atoms with Gasteiger partial charge in [0.15, 0.2) is 11.5 Å². The van der Waals surface area contributed by atoms with Crippen molar-refractivity contribution in [1.82, 2.24) is 0 Å². The van der Waals surface area contributed by atoms with Gasteiger partial charge in [-0.1, -0.05) is 18.2 Å². The highest BCUT2D eigenvalue weighted by atomic mass is 16.6.